The summed E-state index contributed by atoms with van der Waals surface area (Å²) in [6.45, 7) is 4.44. The smallest absolute Gasteiger partial charge is 0.237 e. The van der Waals surface area contributed by atoms with E-state index in [1.807, 2.05) is 17.4 Å². The van der Waals surface area contributed by atoms with Crippen molar-refractivity contribution >= 4 is 31.8 Å². The van der Waals surface area contributed by atoms with Crippen LogP contribution in [0, 0.1) is 0 Å². The van der Waals surface area contributed by atoms with Crippen LogP contribution < -0.4 is 0 Å². The standard InChI is InChI=1S/C15H14NS/c1-10(2)11-6-5-9-14-15(11)16-12-7-3-4-8-13(12)17-14/h3-10H,1-2H3/q+1. The number of fused-ring (bicyclic) bond motifs is 2. The lowest BCUT2D eigenvalue weighted by atomic mass is 10.0. The molecule has 0 N–H and O–H groups in total. The molecule has 2 heteroatoms. The maximum absolute atomic E-state index is 4.81. The summed E-state index contributed by atoms with van der Waals surface area (Å²) in [6, 6.07) is 14.8. The molecule has 3 aromatic rings. The van der Waals surface area contributed by atoms with E-state index < -0.39 is 0 Å². The van der Waals surface area contributed by atoms with E-state index in [1.54, 1.807) is 0 Å². The summed E-state index contributed by atoms with van der Waals surface area (Å²) in [5.41, 5.74) is 3.59. The molecule has 0 radical (unpaired) electrons. The lowest BCUT2D eigenvalue weighted by Gasteiger charge is -2.05. The second-order valence-corrected chi connectivity index (χ2v) is 5.61. The summed E-state index contributed by atoms with van der Waals surface area (Å²) in [7, 11) is 0. The molecule has 3 rings (SSSR count). The van der Waals surface area contributed by atoms with Crippen molar-refractivity contribution in [3.8, 4) is 0 Å². The molecule has 1 heterocycles. The molecule has 0 unspecified atom stereocenters. The summed E-state index contributed by atoms with van der Waals surface area (Å²) in [5, 5.41) is 0. The topological polar surface area (TPSA) is 12.9 Å². The molecule has 0 saturated carbocycles. The van der Waals surface area contributed by atoms with Crippen molar-refractivity contribution in [2.45, 2.75) is 19.8 Å². The van der Waals surface area contributed by atoms with Gasteiger partial charge in [0.1, 0.15) is 11.0 Å². The maximum atomic E-state index is 4.81. The highest BCUT2D eigenvalue weighted by atomic mass is 32.1. The number of para-hydroxylation sites is 2. The third kappa shape index (κ3) is 1.79. The van der Waals surface area contributed by atoms with Gasteiger partial charge in [-0.25, -0.2) is 4.98 Å². The Morgan fingerprint density at radius 2 is 1.71 bits per heavy atom. The van der Waals surface area contributed by atoms with Crippen LogP contribution in [0.5, 0.6) is 0 Å². The van der Waals surface area contributed by atoms with Gasteiger partial charge in [0.15, 0.2) is 0 Å². The van der Waals surface area contributed by atoms with Crippen molar-refractivity contribution < 1.29 is 0 Å². The summed E-state index contributed by atoms with van der Waals surface area (Å²) in [6.07, 6.45) is 0. The van der Waals surface area contributed by atoms with Crippen molar-refractivity contribution in [1.29, 1.82) is 0 Å². The predicted octanol–water partition coefficient (Wildman–Crippen LogP) is 4.85. The first-order valence-electron chi connectivity index (χ1n) is 5.87. The molecule has 17 heavy (non-hydrogen) atoms. The normalized spacial score (nSPS) is 11.5. The highest BCUT2D eigenvalue weighted by molar-refractivity contribution is 7.24. The molecule has 0 fully saturated rings. The summed E-state index contributed by atoms with van der Waals surface area (Å²) < 4.78 is 2.52. The summed E-state index contributed by atoms with van der Waals surface area (Å²) in [5.74, 6) is 0.513. The molecular weight excluding hydrogens is 226 g/mol. The first-order chi connectivity index (χ1) is 8.25. The van der Waals surface area contributed by atoms with Gasteiger partial charge in [0.2, 0.25) is 11.3 Å². The Bertz CT molecular complexity index is 689. The van der Waals surface area contributed by atoms with E-state index in [0.29, 0.717) is 5.92 Å². The van der Waals surface area contributed by atoms with Crippen LogP contribution in [0.1, 0.15) is 25.3 Å². The third-order valence-corrected chi connectivity index (χ3v) is 4.08. The van der Waals surface area contributed by atoms with E-state index in [2.05, 4.69) is 50.2 Å². The number of rotatable bonds is 1. The first kappa shape index (κ1) is 10.6. The fraction of sp³-hybridized carbons (Fsp3) is 0.200. The zero-order chi connectivity index (χ0) is 11.8. The molecule has 2 aromatic carbocycles. The van der Waals surface area contributed by atoms with E-state index in [0.717, 1.165) is 11.0 Å². The molecule has 0 amide bonds. The van der Waals surface area contributed by atoms with Gasteiger partial charge in [-0.1, -0.05) is 38.1 Å². The van der Waals surface area contributed by atoms with Gasteiger partial charge in [0, 0.05) is 12.1 Å². The van der Waals surface area contributed by atoms with Crippen LogP contribution in [0.4, 0.5) is 0 Å². The van der Waals surface area contributed by atoms with Gasteiger partial charge >= 0.3 is 0 Å². The highest BCUT2D eigenvalue weighted by Crippen LogP contribution is 2.30. The molecule has 0 aliphatic rings. The van der Waals surface area contributed by atoms with Crippen LogP contribution in [0.25, 0.3) is 20.4 Å². The lowest BCUT2D eigenvalue weighted by Crippen LogP contribution is -1.91. The quantitative estimate of drug-likeness (QED) is 0.437. The zero-order valence-corrected chi connectivity index (χ0v) is 10.8. The third-order valence-electron chi connectivity index (χ3n) is 2.97. The maximum Gasteiger partial charge on any atom is 0.257 e. The van der Waals surface area contributed by atoms with Crippen molar-refractivity contribution in [3.05, 3.63) is 48.0 Å². The average Bonchev–Trinajstić information content (AvgIpc) is 2.35. The average molecular weight is 240 g/mol. The minimum absolute atomic E-state index is 0.513. The number of hydrogen-bond donors (Lipinski definition) is 0. The van der Waals surface area contributed by atoms with Crippen LogP contribution in [0.2, 0.25) is 0 Å². The van der Waals surface area contributed by atoms with Gasteiger partial charge in [0.05, 0.1) is 0 Å². The van der Waals surface area contributed by atoms with Crippen molar-refractivity contribution in [2.75, 3.05) is 0 Å². The highest BCUT2D eigenvalue weighted by Gasteiger charge is 2.15. The van der Waals surface area contributed by atoms with E-state index in [4.69, 9.17) is 4.98 Å². The molecule has 0 saturated heterocycles. The number of nitrogens with zero attached hydrogens (tertiary/aromatic N) is 1. The first-order valence-corrected chi connectivity index (χ1v) is 6.69. The number of hydrogen-bond acceptors (Lipinski definition) is 1. The van der Waals surface area contributed by atoms with E-state index in [1.165, 1.54) is 15.0 Å². The van der Waals surface area contributed by atoms with Crippen molar-refractivity contribution in [2.24, 2.45) is 0 Å². The summed E-state index contributed by atoms with van der Waals surface area (Å²) >= 11 is 1.82. The zero-order valence-electron chi connectivity index (χ0n) is 9.97. The Morgan fingerprint density at radius 3 is 2.53 bits per heavy atom. The Kier molecular flexibility index (Phi) is 2.52. The van der Waals surface area contributed by atoms with E-state index in [9.17, 15) is 0 Å². The molecular formula is C15H14NS+. The molecule has 0 bridgehead atoms. The largest absolute Gasteiger partial charge is 0.257 e. The molecule has 0 atom stereocenters. The van der Waals surface area contributed by atoms with Gasteiger partial charge in [-0.15, -0.1) is 0 Å². The Labute approximate surface area is 105 Å². The van der Waals surface area contributed by atoms with Gasteiger partial charge in [-0.2, -0.15) is 0 Å². The van der Waals surface area contributed by atoms with Crippen LogP contribution in [0.3, 0.4) is 0 Å². The minimum atomic E-state index is 0.513. The lowest BCUT2D eigenvalue weighted by molar-refractivity contribution is 0.874. The second kappa shape index (κ2) is 4.04. The van der Waals surface area contributed by atoms with Crippen LogP contribution in [-0.4, -0.2) is 4.98 Å². The van der Waals surface area contributed by atoms with Crippen LogP contribution in [-0.2, 0) is 0 Å². The van der Waals surface area contributed by atoms with Gasteiger partial charge < -0.3 is 0 Å². The summed E-state index contributed by atoms with van der Waals surface area (Å²) in [4.78, 5) is 4.81. The van der Waals surface area contributed by atoms with Gasteiger partial charge in [-0.05, 0) is 17.5 Å². The van der Waals surface area contributed by atoms with E-state index in [-0.39, 0.29) is 0 Å². The second-order valence-electron chi connectivity index (χ2n) is 4.53. The molecule has 84 valence electrons. The fourth-order valence-electron chi connectivity index (χ4n) is 2.08. The van der Waals surface area contributed by atoms with Gasteiger partial charge in [-0.3, -0.25) is 0 Å². The molecule has 1 aromatic heterocycles. The van der Waals surface area contributed by atoms with Crippen molar-refractivity contribution in [3.63, 3.8) is 0 Å². The molecule has 0 spiro atoms. The Balaban J connectivity index is 2.43. The number of benzene rings is 2. The molecule has 0 aliphatic carbocycles. The fourth-order valence-corrected chi connectivity index (χ4v) is 3.09. The van der Waals surface area contributed by atoms with Crippen molar-refractivity contribution in [1.82, 2.24) is 4.98 Å². The van der Waals surface area contributed by atoms with Crippen LogP contribution >= 0.6 is 11.3 Å². The Morgan fingerprint density at radius 1 is 0.941 bits per heavy atom. The molecule has 1 nitrogen and oxygen atoms in total. The number of aromatic nitrogens is 1. The SMILES string of the molecule is CC(C)c1cccc2[s+]c3ccccc3nc12. The Hall–Kier alpha value is -1.54. The van der Waals surface area contributed by atoms with Gasteiger partial charge in [0.25, 0.3) is 9.40 Å². The van der Waals surface area contributed by atoms with Crippen LogP contribution in [0.15, 0.2) is 42.5 Å². The van der Waals surface area contributed by atoms with E-state index >= 15 is 0 Å². The minimum Gasteiger partial charge on any atom is -0.237 e. The molecule has 0 aliphatic heterocycles. The predicted molar refractivity (Wildman–Crippen MR) is 75.6 cm³/mol. The monoisotopic (exact) mass is 240 g/mol.